The van der Waals surface area contributed by atoms with Crippen LogP contribution in [0.5, 0.6) is 0 Å². The first kappa shape index (κ1) is 17.4. The summed E-state index contributed by atoms with van der Waals surface area (Å²) < 4.78 is 0. The number of hydrogen-bond donors (Lipinski definition) is 1. The van der Waals surface area contributed by atoms with E-state index in [0.29, 0.717) is 12.0 Å². The van der Waals surface area contributed by atoms with Gasteiger partial charge in [-0.2, -0.15) is 0 Å². The molecular formula is C16H33N3O. The van der Waals surface area contributed by atoms with Gasteiger partial charge in [-0.1, -0.05) is 20.8 Å². The second kappa shape index (κ2) is 6.90. The fourth-order valence-corrected chi connectivity index (χ4v) is 2.24. The molecule has 0 bridgehead atoms. The van der Waals surface area contributed by atoms with Gasteiger partial charge in [-0.3, -0.25) is 9.69 Å². The Labute approximate surface area is 124 Å². The van der Waals surface area contributed by atoms with Gasteiger partial charge in [0.1, 0.15) is 0 Å². The molecule has 118 valence electrons. The summed E-state index contributed by atoms with van der Waals surface area (Å²) in [7, 11) is 0. The quantitative estimate of drug-likeness (QED) is 0.838. The van der Waals surface area contributed by atoms with Crippen molar-refractivity contribution in [2.75, 3.05) is 39.3 Å². The molecule has 0 aliphatic carbocycles. The Bertz CT molecular complexity index is 315. The molecule has 0 atom stereocenters. The summed E-state index contributed by atoms with van der Waals surface area (Å²) in [4.78, 5) is 16.4. The van der Waals surface area contributed by atoms with Crippen LogP contribution in [0.3, 0.4) is 0 Å². The van der Waals surface area contributed by atoms with E-state index in [-0.39, 0.29) is 11.4 Å². The number of amides is 1. The number of rotatable bonds is 5. The molecule has 0 aromatic rings. The van der Waals surface area contributed by atoms with Gasteiger partial charge in [0.25, 0.3) is 0 Å². The summed E-state index contributed by atoms with van der Waals surface area (Å²) in [6, 6.07) is 0. The highest BCUT2D eigenvalue weighted by Crippen LogP contribution is 2.19. The number of carbonyl (C=O) groups excluding carboxylic acids is 1. The molecule has 20 heavy (non-hydrogen) atoms. The molecule has 1 fully saturated rings. The number of hydrogen-bond acceptors (Lipinski definition) is 3. The van der Waals surface area contributed by atoms with Crippen molar-refractivity contribution < 1.29 is 4.79 Å². The van der Waals surface area contributed by atoms with Crippen LogP contribution >= 0.6 is 0 Å². The molecule has 0 radical (unpaired) electrons. The second-order valence-corrected chi connectivity index (χ2v) is 8.14. The fraction of sp³-hybridized carbons (Fsp3) is 0.938. The van der Waals surface area contributed by atoms with Gasteiger partial charge in [0, 0.05) is 38.3 Å². The fourth-order valence-electron chi connectivity index (χ4n) is 2.24. The van der Waals surface area contributed by atoms with Gasteiger partial charge in [0.05, 0.1) is 6.54 Å². The number of carbonyl (C=O) groups is 1. The highest BCUT2D eigenvalue weighted by molar-refractivity contribution is 5.79. The van der Waals surface area contributed by atoms with Gasteiger partial charge >= 0.3 is 0 Å². The highest BCUT2D eigenvalue weighted by Gasteiger charge is 2.24. The molecule has 0 unspecified atom stereocenters. The van der Waals surface area contributed by atoms with Crippen LogP contribution in [0.4, 0.5) is 0 Å². The highest BCUT2D eigenvalue weighted by atomic mass is 16.2. The molecule has 1 N–H and O–H groups in total. The number of nitrogens with one attached hydrogen (secondary N) is 1. The first-order valence-corrected chi connectivity index (χ1v) is 7.82. The normalized spacial score (nSPS) is 18.7. The minimum Gasteiger partial charge on any atom is -0.340 e. The van der Waals surface area contributed by atoms with Crippen molar-refractivity contribution in [3.8, 4) is 0 Å². The topological polar surface area (TPSA) is 35.6 Å². The molecule has 1 amide bonds. The van der Waals surface area contributed by atoms with Crippen molar-refractivity contribution in [2.45, 2.75) is 53.5 Å². The smallest absolute Gasteiger partial charge is 0.236 e. The lowest BCUT2D eigenvalue weighted by Crippen LogP contribution is -2.52. The Morgan fingerprint density at radius 1 is 1.05 bits per heavy atom. The molecule has 0 spiro atoms. The first-order chi connectivity index (χ1) is 9.07. The summed E-state index contributed by atoms with van der Waals surface area (Å²) >= 11 is 0. The zero-order valence-corrected chi connectivity index (χ0v) is 14.3. The van der Waals surface area contributed by atoms with Crippen LogP contribution in [0.15, 0.2) is 0 Å². The molecule has 4 heteroatoms. The second-order valence-electron chi connectivity index (χ2n) is 8.14. The van der Waals surface area contributed by atoms with Crippen LogP contribution in [-0.4, -0.2) is 60.5 Å². The van der Waals surface area contributed by atoms with E-state index in [1.165, 1.54) is 0 Å². The van der Waals surface area contributed by atoms with Crippen molar-refractivity contribution >= 4 is 5.91 Å². The van der Waals surface area contributed by atoms with E-state index >= 15 is 0 Å². The van der Waals surface area contributed by atoms with E-state index in [2.05, 4.69) is 51.8 Å². The molecule has 1 heterocycles. The van der Waals surface area contributed by atoms with Crippen molar-refractivity contribution in [1.29, 1.82) is 0 Å². The average Bonchev–Trinajstić information content (AvgIpc) is 2.24. The van der Waals surface area contributed by atoms with Crippen LogP contribution in [-0.2, 0) is 4.79 Å². The molecule has 0 aromatic carbocycles. The number of nitrogens with zero attached hydrogens (tertiary/aromatic N) is 2. The lowest BCUT2D eigenvalue weighted by atomic mass is 9.92. The van der Waals surface area contributed by atoms with Crippen molar-refractivity contribution in [1.82, 2.24) is 15.1 Å². The summed E-state index contributed by atoms with van der Waals surface area (Å²) in [5.74, 6) is 0.288. The van der Waals surface area contributed by atoms with Gasteiger partial charge in [0.2, 0.25) is 5.91 Å². The zero-order valence-electron chi connectivity index (χ0n) is 14.3. The predicted octanol–water partition coefficient (Wildman–Crippen LogP) is 1.95. The van der Waals surface area contributed by atoms with Gasteiger partial charge in [-0.15, -0.1) is 0 Å². The Balaban J connectivity index is 2.27. The molecule has 1 saturated heterocycles. The molecule has 1 aliphatic rings. The van der Waals surface area contributed by atoms with Gasteiger partial charge in [0.15, 0.2) is 0 Å². The van der Waals surface area contributed by atoms with Crippen LogP contribution in [0.25, 0.3) is 0 Å². The van der Waals surface area contributed by atoms with Crippen LogP contribution in [0.2, 0.25) is 0 Å². The van der Waals surface area contributed by atoms with E-state index in [4.69, 9.17) is 0 Å². The molecule has 0 saturated carbocycles. The van der Waals surface area contributed by atoms with E-state index in [0.717, 1.165) is 39.1 Å². The van der Waals surface area contributed by atoms with E-state index in [1.54, 1.807) is 0 Å². The standard InChI is InChI=1S/C16H33N3O/c1-15(2,3)7-9-19-12-11-18(13-14(19)20)10-8-17-16(4,5)6/h17H,7-13H2,1-6H3. The van der Waals surface area contributed by atoms with Gasteiger partial charge in [-0.25, -0.2) is 0 Å². The zero-order chi connectivity index (χ0) is 15.4. The largest absolute Gasteiger partial charge is 0.340 e. The third-order valence-electron chi connectivity index (χ3n) is 3.61. The molecular weight excluding hydrogens is 250 g/mol. The Morgan fingerprint density at radius 3 is 2.20 bits per heavy atom. The Kier molecular flexibility index (Phi) is 6.02. The number of piperazine rings is 1. The third-order valence-corrected chi connectivity index (χ3v) is 3.61. The summed E-state index contributed by atoms with van der Waals surface area (Å²) in [5, 5.41) is 3.47. The summed E-state index contributed by atoms with van der Waals surface area (Å²) in [6.45, 7) is 18.4. The minimum absolute atomic E-state index is 0.151. The lowest BCUT2D eigenvalue weighted by Gasteiger charge is -2.36. The predicted molar refractivity (Wildman–Crippen MR) is 84.8 cm³/mol. The first-order valence-electron chi connectivity index (χ1n) is 7.82. The molecule has 0 aromatic heterocycles. The van der Waals surface area contributed by atoms with Gasteiger partial charge < -0.3 is 10.2 Å². The van der Waals surface area contributed by atoms with Crippen molar-refractivity contribution in [2.24, 2.45) is 5.41 Å². The Hall–Kier alpha value is -0.610. The summed E-state index contributed by atoms with van der Waals surface area (Å²) in [5.41, 5.74) is 0.451. The average molecular weight is 283 g/mol. The Morgan fingerprint density at radius 2 is 1.70 bits per heavy atom. The molecule has 4 nitrogen and oxygen atoms in total. The van der Waals surface area contributed by atoms with Crippen LogP contribution in [0.1, 0.15) is 48.0 Å². The van der Waals surface area contributed by atoms with Crippen molar-refractivity contribution in [3.63, 3.8) is 0 Å². The maximum Gasteiger partial charge on any atom is 0.236 e. The lowest BCUT2D eigenvalue weighted by molar-refractivity contribution is -0.136. The maximum absolute atomic E-state index is 12.1. The van der Waals surface area contributed by atoms with E-state index in [1.807, 2.05) is 4.90 Å². The van der Waals surface area contributed by atoms with E-state index in [9.17, 15) is 4.79 Å². The molecule has 1 aliphatic heterocycles. The summed E-state index contributed by atoms with van der Waals surface area (Å²) in [6.07, 6.45) is 1.07. The maximum atomic E-state index is 12.1. The van der Waals surface area contributed by atoms with Crippen molar-refractivity contribution in [3.05, 3.63) is 0 Å². The SMILES string of the molecule is CC(C)(C)CCN1CCN(CCNC(C)(C)C)CC1=O. The monoisotopic (exact) mass is 283 g/mol. The minimum atomic E-state index is 0.151. The van der Waals surface area contributed by atoms with Crippen LogP contribution in [0, 0.1) is 5.41 Å². The van der Waals surface area contributed by atoms with E-state index < -0.39 is 0 Å². The van der Waals surface area contributed by atoms with Crippen LogP contribution < -0.4 is 5.32 Å². The van der Waals surface area contributed by atoms with Gasteiger partial charge in [-0.05, 0) is 32.6 Å². The molecule has 1 rings (SSSR count). The third kappa shape index (κ3) is 7.25.